The summed E-state index contributed by atoms with van der Waals surface area (Å²) in [5, 5.41) is 4.07. The van der Waals surface area contributed by atoms with Gasteiger partial charge in [-0.25, -0.2) is 4.98 Å². The maximum atomic E-state index is 12.9. The fraction of sp³-hybridized carbons (Fsp3) is 0.600. The van der Waals surface area contributed by atoms with Crippen LogP contribution in [0.2, 0.25) is 5.02 Å². The van der Waals surface area contributed by atoms with Crippen molar-refractivity contribution in [1.82, 2.24) is 15.2 Å². The Labute approximate surface area is 190 Å². The predicted octanol–water partition coefficient (Wildman–Crippen LogP) is 5.46. The van der Waals surface area contributed by atoms with E-state index >= 15 is 0 Å². The molecule has 1 aliphatic heterocycles. The number of halogens is 1. The molecule has 0 bridgehead atoms. The van der Waals surface area contributed by atoms with Gasteiger partial charge in [-0.15, -0.1) is 0 Å². The summed E-state index contributed by atoms with van der Waals surface area (Å²) in [6, 6.07) is 7.89. The Morgan fingerprint density at radius 3 is 2.58 bits per heavy atom. The molecule has 1 saturated carbocycles. The van der Waals surface area contributed by atoms with Crippen LogP contribution < -0.4 is 5.32 Å². The number of amides is 1. The van der Waals surface area contributed by atoms with Gasteiger partial charge in [0, 0.05) is 29.1 Å². The van der Waals surface area contributed by atoms with Crippen molar-refractivity contribution in [3.63, 3.8) is 0 Å². The molecule has 31 heavy (non-hydrogen) atoms. The van der Waals surface area contributed by atoms with Gasteiger partial charge in [0.2, 0.25) is 11.8 Å². The number of hydrogen-bond acceptors (Lipinski definition) is 4. The molecule has 2 fully saturated rings. The Morgan fingerprint density at radius 2 is 1.87 bits per heavy atom. The number of likely N-dealkylation sites (tertiary alicyclic amines) is 1. The lowest BCUT2D eigenvalue weighted by Gasteiger charge is -2.36. The van der Waals surface area contributed by atoms with Crippen LogP contribution in [0.5, 0.6) is 0 Å². The van der Waals surface area contributed by atoms with Crippen LogP contribution >= 0.6 is 11.6 Å². The van der Waals surface area contributed by atoms with Crippen LogP contribution in [0.3, 0.4) is 0 Å². The van der Waals surface area contributed by atoms with Gasteiger partial charge in [0.05, 0.1) is 5.69 Å². The third kappa shape index (κ3) is 5.32. The van der Waals surface area contributed by atoms with Gasteiger partial charge in [0.1, 0.15) is 5.76 Å². The number of oxazole rings is 1. The predicted molar refractivity (Wildman–Crippen MR) is 124 cm³/mol. The second-order valence-corrected chi connectivity index (χ2v) is 9.90. The summed E-state index contributed by atoms with van der Waals surface area (Å²) in [5.41, 5.74) is 1.90. The molecule has 0 spiro atoms. The first-order valence-electron chi connectivity index (χ1n) is 11.7. The van der Waals surface area contributed by atoms with Crippen LogP contribution in [0.4, 0.5) is 0 Å². The molecular formula is C25H34ClN3O2. The van der Waals surface area contributed by atoms with E-state index in [1.807, 2.05) is 31.2 Å². The maximum Gasteiger partial charge on any atom is 0.226 e. The quantitative estimate of drug-likeness (QED) is 0.666. The highest BCUT2D eigenvalue weighted by atomic mass is 35.5. The Bertz CT molecular complexity index is 887. The highest BCUT2D eigenvalue weighted by molar-refractivity contribution is 6.30. The molecule has 1 N–H and O–H groups in total. The standard InChI is InChI=1S/C25H34ClN3O2/c1-16-5-4-6-22(17(16)2)27-24(30)19-11-13-29(14-12-19)15-23-18(3)31-25(28-23)20-7-9-21(26)10-8-20/h7-10,16-17,19,22H,4-6,11-15H2,1-3H3,(H,27,30)/t16-,17+,22+/m0/s1. The van der Waals surface area contributed by atoms with Crippen LogP contribution in [-0.2, 0) is 11.3 Å². The van der Waals surface area contributed by atoms with E-state index in [1.165, 1.54) is 12.8 Å². The van der Waals surface area contributed by atoms with E-state index in [2.05, 4.69) is 24.1 Å². The van der Waals surface area contributed by atoms with Crippen molar-refractivity contribution in [2.24, 2.45) is 17.8 Å². The number of nitrogens with zero attached hydrogens (tertiary/aromatic N) is 2. The van der Waals surface area contributed by atoms with E-state index in [-0.39, 0.29) is 11.8 Å². The smallest absolute Gasteiger partial charge is 0.226 e. The SMILES string of the molecule is Cc1oc(-c2ccc(Cl)cc2)nc1CN1CCC(C(=O)N[C@@H]2CCC[C@H](C)[C@H]2C)CC1. The van der Waals surface area contributed by atoms with E-state index < -0.39 is 0 Å². The largest absolute Gasteiger partial charge is 0.441 e. The number of aryl methyl sites for hydroxylation is 1. The van der Waals surface area contributed by atoms with Crippen molar-refractivity contribution in [1.29, 1.82) is 0 Å². The number of hydrogen-bond donors (Lipinski definition) is 1. The van der Waals surface area contributed by atoms with Gasteiger partial charge in [-0.05, 0) is 75.4 Å². The molecule has 1 aromatic carbocycles. The van der Waals surface area contributed by atoms with Crippen LogP contribution in [0.1, 0.15) is 57.4 Å². The van der Waals surface area contributed by atoms with E-state index in [0.717, 1.165) is 55.9 Å². The molecular weight excluding hydrogens is 410 g/mol. The second-order valence-electron chi connectivity index (χ2n) is 9.46. The van der Waals surface area contributed by atoms with E-state index in [1.54, 1.807) is 0 Å². The molecule has 1 amide bonds. The summed E-state index contributed by atoms with van der Waals surface area (Å²) in [7, 11) is 0. The fourth-order valence-corrected chi connectivity index (χ4v) is 5.07. The number of aromatic nitrogens is 1. The minimum Gasteiger partial charge on any atom is -0.441 e. The topological polar surface area (TPSA) is 58.4 Å². The average Bonchev–Trinajstić information content (AvgIpc) is 3.12. The van der Waals surface area contributed by atoms with Crippen molar-refractivity contribution >= 4 is 17.5 Å². The third-order valence-corrected chi connectivity index (χ3v) is 7.60. The zero-order chi connectivity index (χ0) is 22.0. The second kappa shape index (κ2) is 9.74. The Balaban J connectivity index is 1.29. The molecule has 0 unspecified atom stereocenters. The summed E-state index contributed by atoms with van der Waals surface area (Å²) in [6.07, 6.45) is 5.45. The molecule has 3 atom stereocenters. The first-order chi connectivity index (χ1) is 14.9. The van der Waals surface area contributed by atoms with Crippen molar-refractivity contribution in [2.45, 2.75) is 65.5 Å². The normalized spacial score (nSPS) is 25.5. The van der Waals surface area contributed by atoms with Crippen molar-refractivity contribution < 1.29 is 9.21 Å². The first kappa shape index (κ1) is 22.3. The Morgan fingerprint density at radius 1 is 1.16 bits per heavy atom. The number of benzene rings is 1. The zero-order valence-corrected chi connectivity index (χ0v) is 19.6. The number of carbonyl (C=O) groups is 1. The highest BCUT2D eigenvalue weighted by Crippen LogP contribution is 2.30. The fourth-order valence-electron chi connectivity index (χ4n) is 4.94. The molecule has 2 heterocycles. The van der Waals surface area contributed by atoms with E-state index in [0.29, 0.717) is 28.8 Å². The van der Waals surface area contributed by atoms with Gasteiger partial charge in [-0.2, -0.15) is 0 Å². The lowest BCUT2D eigenvalue weighted by Crippen LogP contribution is -2.48. The van der Waals surface area contributed by atoms with Crippen LogP contribution in [0, 0.1) is 24.7 Å². The van der Waals surface area contributed by atoms with E-state index in [9.17, 15) is 4.79 Å². The minimum absolute atomic E-state index is 0.128. The molecule has 1 aromatic heterocycles. The lowest BCUT2D eigenvalue weighted by atomic mass is 9.78. The van der Waals surface area contributed by atoms with Gasteiger partial charge in [0.25, 0.3) is 0 Å². The molecule has 2 aliphatic rings. The minimum atomic E-state index is 0.128. The molecule has 2 aromatic rings. The van der Waals surface area contributed by atoms with Crippen LogP contribution in [0.25, 0.3) is 11.5 Å². The number of rotatable bonds is 5. The monoisotopic (exact) mass is 443 g/mol. The van der Waals surface area contributed by atoms with Gasteiger partial charge in [-0.3, -0.25) is 9.69 Å². The van der Waals surface area contributed by atoms with Gasteiger partial charge < -0.3 is 9.73 Å². The Hall–Kier alpha value is -1.85. The first-order valence-corrected chi connectivity index (χ1v) is 12.0. The van der Waals surface area contributed by atoms with Crippen molar-refractivity contribution in [3.8, 4) is 11.5 Å². The number of piperidine rings is 1. The molecule has 5 nitrogen and oxygen atoms in total. The van der Waals surface area contributed by atoms with Crippen molar-refractivity contribution in [3.05, 3.63) is 40.7 Å². The molecule has 4 rings (SSSR count). The zero-order valence-electron chi connectivity index (χ0n) is 18.9. The van der Waals surface area contributed by atoms with Crippen LogP contribution in [0.15, 0.2) is 28.7 Å². The van der Waals surface area contributed by atoms with Gasteiger partial charge >= 0.3 is 0 Å². The lowest BCUT2D eigenvalue weighted by molar-refractivity contribution is -0.128. The maximum absolute atomic E-state index is 12.9. The highest BCUT2D eigenvalue weighted by Gasteiger charge is 2.31. The number of carbonyl (C=O) groups excluding carboxylic acids is 1. The molecule has 1 aliphatic carbocycles. The summed E-state index contributed by atoms with van der Waals surface area (Å²) in [5.74, 6) is 3.14. The summed E-state index contributed by atoms with van der Waals surface area (Å²) in [4.78, 5) is 20.0. The molecule has 6 heteroatoms. The summed E-state index contributed by atoms with van der Waals surface area (Å²) < 4.78 is 5.90. The molecule has 168 valence electrons. The molecule has 1 saturated heterocycles. The van der Waals surface area contributed by atoms with Crippen molar-refractivity contribution in [2.75, 3.05) is 13.1 Å². The summed E-state index contributed by atoms with van der Waals surface area (Å²) in [6.45, 7) is 9.15. The molecule has 0 radical (unpaired) electrons. The summed E-state index contributed by atoms with van der Waals surface area (Å²) >= 11 is 5.98. The average molecular weight is 444 g/mol. The van der Waals surface area contributed by atoms with Gasteiger partial charge in [-0.1, -0.05) is 38.3 Å². The Kier molecular flexibility index (Phi) is 7.02. The third-order valence-electron chi connectivity index (χ3n) is 7.35. The van der Waals surface area contributed by atoms with E-state index in [4.69, 9.17) is 21.0 Å². The van der Waals surface area contributed by atoms with Gasteiger partial charge in [0.15, 0.2) is 0 Å². The van der Waals surface area contributed by atoms with Crippen LogP contribution in [-0.4, -0.2) is 34.9 Å². The number of nitrogens with one attached hydrogen (secondary N) is 1.